The Morgan fingerprint density at radius 1 is 1.39 bits per heavy atom. The molecule has 1 aliphatic heterocycles. The molecule has 0 radical (unpaired) electrons. The maximum absolute atomic E-state index is 6.13. The summed E-state index contributed by atoms with van der Waals surface area (Å²) in [5.74, 6) is 0.960. The molecule has 3 nitrogen and oxygen atoms in total. The van der Waals surface area contributed by atoms with E-state index in [1.807, 2.05) is 19.1 Å². The van der Waals surface area contributed by atoms with Crippen molar-refractivity contribution in [1.82, 2.24) is 0 Å². The third kappa shape index (κ3) is 2.61. The Hall–Kier alpha value is -1.22. The molecule has 1 fully saturated rings. The van der Waals surface area contributed by atoms with Gasteiger partial charge in [-0.25, -0.2) is 0 Å². The Bertz CT molecular complexity index is 403. The van der Waals surface area contributed by atoms with E-state index in [-0.39, 0.29) is 11.6 Å². The first-order valence-corrected chi connectivity index (χ1v) is 6.79. The number of ether oxygens (including phenoxy) is 1. The number of para-hydroxylation sites is 2. The van der Waals surface area contributed by atoms with Crippen molar-refractivity contribution < 1.29 is 4.74 Å². The molecule has 0 saturated carbocycles. The van der Waals surface area contributed by atoms with E-state index in [2.05, 4.69) is 30.9 Å². The van der Waals surface area contributed by atoms with Crippen LogP contribution in [0.15, 0.2) is 24.3 Å². The van der Waals surface area contributed by atoms with Crippen LogP contribution in [-0.2, 0) is 0 Å². The van der Waals surface area contributed by atoms with Crippen molar-refractivity contribution in [3.8, 4) is 5.75 Å². The van der Waals surface area contributed by atoms with Crippen LogP contribution in [-0.4, -0.2) is 24.7 Å². The molecule has 18 heavy (non-hydrogen) atoms. The van der Waals surface area contributed by atoms with Crippen LogP contribution in [0, 0.1) is 0 Å². The molecule has 1 heterocycles. The normalized spacial score (nSPS) is 22.9. The van der Waals surface area contributed by atoms with Crippen molar-refractivity contribution in [3.63, 3.8) is 0 Å². The molecule has 1 saturated heterocycles. The van der Waals surface area contributed by atoms with Gasteiger partial charge in [-0.15, -0.1) is 0 Å². The van der Waals surface area contributed by atoms with Crippen LogP contribution < -0.4 is 15.4 Å². The topological polar surface area (TPSA) is 38.5 Å². The SMILES string of the molecule is CCOc1ccccc1N1CC(N)CCC1(C)C. The highest BCUT2D eigenvalue weighted by Crippen LogP contribution is 2.37. The van der Waals surface area contributed by atoms with Gasteiger partial charge >= 0.3 is 0 Å². The lowest BCUT2D eigenvalue weighted by Gasteiger charge is -2.46. The van der Waals surface area contributed by atoms with Gasteiger partial charge in [0.05, 0.1) is 12.3 Å². The Balaban J connectivity index is 2.33. The van der Waals surface area contributed by atoms with Crippen molar-refractivity contribution in [3.05, 3.63) is 24.3 Å². The summed E-state index contributed by atoms with van der Waals surface area (Å²) in [7, 11) is 0. The number of hydrogen-bond donors (Lipinski definition) is 1. The predicted octanol–water partition coefficient (Wildman–Crippen LogP) is 2.79. The molecule has 0 bridgehead atoms. The number of benzene rings is 1. The molecule has 0 amide bonds. The molecule has 1 aromatic carbocycles. The summed E-state index contributed by atoms with van der Waals surface area (Å²) in [6.07, 6.45) is 2.22. The summed E-state index contributed by atoms with van der Waals surface area (Å²) in [6.45, 7) is 8.17. The fourth-order valence-corrected chi connectivity index (χ4v) is 2.63. The van der Waals surface area contributed by atoms with Crippen molar-refractivity contribution in [2.24, 2.45) is 5.73 Å². The standard InChI is InChI=1S/C15H24N2O/c1-4-18-14-8-6-5-7-13(14)17-11-12(16)9-10-15(17,2)3/h5-8,12H,4,9-11,16H2,1-3H3. The zero-order valence-corrected chi connectivity index (χ0v) is 11.6. The molecular weight excluding hydrogens is 224 g/mol. The van der Waals surface area contributed by atoms with Crippen LogP contribution in [0.2, 0.25) is 0 Å². The molecule has 1 aliphatic rings. The Morgan fingerprint density at radius 3 is 2.83 bits per heavy atom. The second kappa shape index (κ2) is 5.19. The van der Waals surface area contributed by atoms with Gasteiger partial charge in [0.25, 0.3) is 0 Å². The zero-order chi connectivity index (χ0) is 13.2. The minimum atomic E-state index is 0.142. The van der Waals surface area contributed by atoms with E-state index in [9.17, 15) is 0 Å². The third-order valence-electron chi connectivity index (χ3n) is 3.73. The van der Waals surface area contributed by atoms with Gasteiger partial charge in [-0.1, -0.05) is 12.1 Å². The average molecular weight is 248 g/mol. The summed E-state index contributed by atoms with van der Waals surface area (Å²) in [6, 6.07) is 8.51. The Labute approximate surface area is 110 Å². The minimum absolute atomic E-state index is 0.142. The largest absolute Gasteiger partial charge is 0.492 e. The molecule has 0 aromatic heterocycles. The van der Waals surface area contributed by atoms with Crippen LogP contribution in [0.3, 0.4) is 0 Å². The van der Waals surface area contributed by atoms with E-state index in [1.165, 1.54) is 5.69 Å². The van der Waals surface area contributed by atoms with Gasteiger partial charge in [0, 0.05) is 18.1 Å². The molecule has 3 heteroatoms. The molecule has 2 rings (SSSR count). The highest BCUT2D eigenvalue weighted by molar-refractivity contribution is 5.60. The summed E-state index contributed by atoms with van der Waals surface area (Å²) in [4.78, 5) is 2.40. The molecule has 2 N–H and O–H groups in total. The lowest BCUT2D eigenvalue weighted by molar-refractivity contribution is 0.315. The second-order valence-corrected chi connectivity index (χ2v) is 5.62. The maximum Gasteiger partial charge on any atom is 0.142 e. The van der Waals surface area contributed by atoms with Crippen molar-refractivity contribution >= 4 is 5.69 Å². The van der Waals surface area contributed by atoms with Crippen LogP contribution in [0.25, 0.3) is 0 Å². The van der Waals surface area contributed by atoms with Gasteiger partial charge in [0.1, 0.15) is 5.75 Å². The number of anilines is 1. The lowest BCUT2D eigenvalue weighted by atomic mass is 9.87. The molecular formula is C15H24N2O. The van der Waals surface area contributed by atoms with E-state index >= 15 is 0 Å². The smallest absolute Gasteiger partial charge is 0.142 e. The van der Waals surface area contributed by atoms with E-state index in [1.54, 1.807) is 0 Å². The first-order chi connectivity index (χ1) is 8.54. The quantitative estimate of drug-likeness (QED) is 0.894. The summed E-state index contributed by atoms with van der Waals surface area (Å²) < 4.78 is 5.74. The van der Waals surface area contributed by atoms with Gasteiger partial charge in [0.2, 0.25) is 0 Å². The van der Waals surface area contributed by atoms with E-state index in [0.29, 0.717) is 6.61 Å². The Morgan fingerprint density at radius 2 is 2.11 bits per heavy atom. The number of nitrogens with two attached hydrogens (primary N) is 1. The van der Waals surface area contributed by atoms with Gasteiger partial charge in [-0.05, 0) is 45.7 Å². The first kappa shape index (κ1) is 13.2. The third-order valence-corrected chi connectivity index (χ3v) is 3.73. The van der Waals surface area contributed by atoms with Gasteiger partial charge in [-0.2, -0.15) is 0 Å². The van der Waals surface area contributed by atoms with Crippen LogP contribution in [0.4, 0.5) is 5.69 Å². The molecule has 0 aliphatic carbocycles. The molecule has 1 aromatic rings. The first-order valence-electron chi connectivity index (χ1n) is 6.79. The molecule has 1 atom stereocenters. The summed E-state index contributed by atoms with van der Waals surface area (Å²) in [5, 5.41) is 0. The van der Waals surface area contributed by atoms with Crippen molar-refractivity contribution in [1.29, 1.82) is 0 Å². The highest BCUT2D eigenvalue weighted by atomic mass is 16.5. The average Bonchev–Trinajstić information content (AvgIpc) is 2.34. The monoisotopic (exact) mass is 248 g/mol. The number of rotatable bonds is 3. The number of hydrogen-bond acceptors (Lipinski definition) is 3. The van der Waals surface area contributed by atoms with Crippen LogP contribution in [0.5, 0.6) is 5.75 Å². The molecule has 1 unspecified atom stereocenters. The molecule has 100 valence electrons. The van der Waals surface area contributed by atoms with E-state index in [0.717, 1.165) is 25.1 Å². The number of piperidine rings is 1. The lowest BCUT2D eigenvalue weighted by Crippen LogP contribution is -2.54. The number of nitrogens with zero attached hydrogens (tertiary/aromatic N) is 1. The fourth-order valence-electron chi connectivity index (χ4n) is 2.63. The van der Waals surface area contributed by atoms with Gasteiger partial charge < -0.3 is 15.4 Å². The zero-order valence-electron chi connectivity index (χ0n) is 11.6. The van der Waals surface area contributed by atoms with Crippen LogP contribution >= 0.6 is 0 Å². The predicted molar refractivity (Wildman–Crippen MR) is 76.2 cm³/mol. The van der Waals surface area contributed by atoms with E-state index < -0.39 is 0 Å². The molecule has 0 spiro atoms. The fraction of sp³-hybridized carbons (Fsp3) is 0.600. The van der Waals surface area contributed by atoms with Gasteiger partial charge in [0.15, 0.2) is 0 Å². The van der Waals surface area contributed by atoms with Crippen molar-refractivity contribution in [2.75, 3.05) is 18.1 Å². The summed E-state index contributed by atoms with van der Waals surface area (Å²) in [5.41, 5.74) is 7.43. The Kier molecular flexibility index (Phi) is 3.81. The van der Waals surface area contributed by atoms with Crippen LogP contribution in [0.1, 0.15) is 33.6 Å². The highest BCUT2D eigenvalue weighted by Gasteiger charge is 2.34. The maximum atomic E-state index is 6.13. The summed E-state index contributed by atoms with van der Waals surface area (Å²) >= 11 is 0. The van der Waals surface area contributed by atoms with Gasteiger partial charge in [-0.3, -0.25) is 0 Å². The van der Waals surface area contributed by atoms with E-state index in [4.69, 9.17) is 10.5 Å². The minimum Gasteiger partial charge on any atom is -0.492 e. The van der Waals surface area contributed by atoms with Crippen molar-refractivity contribution in [2.45, 2.75) is 45.2 Å². The second-order valence-electron chi connectivity index (χ2n) is 5.62.